The molecule has 2 aliphatic heterocycles. The molecule has 4 nitrogen and oxygen atoms in total. The molecule has 3 heterocycles. The van der Waals surface area contributed by atoms with Gasteiger partial charge in [-0.05, 0) is 45.1 Å². The lowest BCUT2D eigenvalue weighted by Gasteiger charge is -2.45. The molecule has 0 bridgehead atoms. The maximum absolute atomic E-state index is 4.79. The molecule has 1 atom stereocenters. The average Bonchev–Trinajstić information content (AvgIpc) is 3.17. The van der Waals surface area contributed by atoms with Crippen molar-refractivity contribution in [1.82, 2.24) is 14.7 Å². The van der Waals surface area contributed by atoms with E-state index in [4.69, 9.17) is 4.98 Å². The number of hydrogen-bond donors (Lipinski definition) is 1. The molecule has 2 saturated heterocycles. The van der Waals surface area contributed by atoms with E-state index < -0.39 is 0 Å². The van der Waals surface area contributed by atoms with E-state index in [2.05, 4.69) is 14.6 Å². The molecule has 4 rings (SSSR count). The van der Waals surface area contributed by atoms with Gasteiger partial charge in [0.1, 0.15) is 5.82 Å². The Morgan fingerprint density at radius 2 is 2.16 bits per heavy atom. The maximum Gasteiger partial charge on any atom is 0.205 e. The van der Waals surface area contributed by atoms with Crippen LogP contribution in [-0.4, -0.2) is 35.5 Å². The van der Waals surface area contributed by atoms with Crippen LogP contribution in [0, 0.1) is 5.41 Å². The van der Waals surface area contributed by atoms with E-state index in [0.717, 1.165) is 5.82 Å². The van der Waals surface area contributed by atoms with Gasteiger partial charge in [-0.25, -0.2) is 4.98 Å². The molecule has 19 heavy (non-hydrogen) atoms. The largest absolute Gasteiger partial charge is 0.346 e. The van der Waals surface area contributed by atoms with E-state index in [1.807, 2.05) is 0 Å². The standard InChI is InChI=1S/C14H22N4S/c1-5-14(9-15-7-1)6-2-8-18(10-14)13-16-12(17-19-13)11-3-4-11/h11,15H,1-10H2. The molecule has 3 fully saturated rings. The highest BCUT2D eigenvalue weighted by Crippen LogP contribution is 2.41. The van der Waals surface area contributed by atoms with Gasteiger partial charge in [-0.2, -0.15) is 4.37 Å². The van der Waals surface area contributed by atoms with Crippen LogP contribution in [0.5, 0.6) is 0 Å². The van der Waals surface area contributed by atoms with Crippen LogP contribution >= 0.6 is 11.5 Å². The highest BCUT2D eigenvalue weighted by Gasteiger charge is 2.38. The fourth-order valence-corrected chi connectivity index (χ4v) is 4.38. The molecule has 1 aliphatic carbocycles. The topological polar surface area (TPSA) is 41.0 Å². The van der Waals surface area contributed by atoms with Gasteiger partial charge in [-0.1, -0.05) is 0 Å². The van der Waals surface area contributed by atoms with Crippen LogP contribution in [-0.2, 0) is 0 Å². The van der Waals surface area contributed by atoms with Gasteiger partial charge in [0.15, 0.2) is 0 Å². The summed E-state index contributed by atoms with van der Waals surface area (Å²) < 4.78 is 4.56. The Hall–Kier alpha value is -0.680. The second-order valence-corrected chi connectivity index (χ2v) is 7.25. The summed E-state index contributed by atoms with van der Waals surface area (Å²) in [6.45, 7) is 4.74. The second-order valence-electron chi connectivity index (χ2n) is 6.51. The SMILES string of the molecule is C1CNCC2(C1)CCCN(c1nc(C3CC3)ns1)C2. The van der Waals surface area contributed by atoms with Gasteiger partial charge in [0.05, 0.1) is 0 Å². The Labute approximate surface area is 118 Å². The molecule has 1 N–H and O–H groups in total. The summed E-state index contributed by atoms with van der Waals surface area (Å²) in [5.41, 5.74) is 0.502. The van der Waals surface area contributed by atoms with Gasteiger partial charge < -0.3 is 10.2 Å². The zero-order chi connectivity index (χ0) is 12.7. The number of nitrogens with zero attached hydrogens (tertiary/aromatic N) is 3. The van der Waals surface area contributed by atoms with Gasteiger partial charge in [-0.15, -0.1) is 0 Å². The minimum Gasteiger partial charge on any atom is -0.346 e. The first-order valence-corrected chi connectivity index (χ1v) is 8.41. The Morgan fingerprint density at radius 3 is 2.95 bits per heavy atom. The summed E-state index contributed by atoms with van der Waals surface area (Å²) in [4.78, 5) is 7.29. The number of anilines is 1. The third-order valence-electron chi connectivity index (χ3n) is 4.87. The molecule has 1 aromatic heterocycles. The summed E-state index contributed by atoms with van der Waals surface area (Å²) in [6.07, 6.45) is 7.99. The molecular formula is C14H22N4S. The molecule has 5 heteroatoms. The first-order chi connectivity index (χ1) is 9.35. The normalized spacial score (nSPS) is 31.9. The van der Waals surface area contributed by atoms with Crippen LogP contribution in [0.25, 0.3) is 0 Å². The Balaban J connectivity index is 1.50. The van der Waals surface area contributed by atoms with Gasteiger partial charge in [0.25, 0.3) is 0 Å². The van der Waals surface area contributed by atoms with Gasteiger partial charge >= 0.3 is 0 Å². The molecule has 0 amide bonds. The quantitative estimate of drug-likeness (QED) is 0.902. The molecule has 1 spiro atoms. The molecule has 1 saturated carbocycles. The van der Waals surface area contributed by atoms with Crippen LogP contribution in [0.3, 0.4) is 0 Å². The van der Waals surface area contributed by atoms with E-state index >= 15 is 0 Å². The van der Waals surface area contributed by atoms with Gasteiger partial charge in [0, 0.05) is 42.5 Å². The monoisotopic (exact) mass is 278 g/mol. The van der Waals surface area contributed by atoms with E-state index in [1.54, 1.807) is 11.5 Å². The fraction of sp³-hybridized carbons (Fsp3) is 0.857. The fourth-order valence-electron chi connectivity index (χ4n) is 3.61. The number of piperidine rings is 2. The number of aromatic nitrogens is 2. The predicted octanol–water partition coefficient (Wildman–Crippen LogP) is 2.39. The first kappa shape index (κ1) is 12.1. The van der Waals surface area contributed by atoms with Crippen LogP contribution in [0.2, 0.25) is 0 Å². The number of nitrogens with one attached hydrogen (secondary N) is 1. The van der Waals surface area contributed by atoms with E-state index in [0.29, 0.717) is 11.3 Å². The van der Waals surface area contributed by atoms with Crippen LogP contribution in [0.1, 0.15) is 50.3 Å². The van der Waals surface area contributed by atoms with Crippen molar-refractivity contribution in [3.63, 3.8) is 0 Å². The van der Waals surface area contributed by atoms with E-state index in [9.17, 15) is 0 Å². The molecule has 104 valence electrons. The van der Waals surface area contributed by atoms with Crippen molar-refractivity contribution in [3.8, 4) is 0 Å². The van der Waals surface area contributed by atoms with E-state index in [1.165, 1.54) is 69.8 Å². The minimum absolute atomic E-state index is 0.502. The lowest BCUT2D eigenvalue weighted by Crippen LogP contribution is -2.51. The predicted molar refractivity (Wildman–Crippen MR) is 77.9 cm³/mol. The summed E-state index contributed by atoms with van der Waals surface area (Å²) in [5, 5.41) is 4.76. The van der Waals surface area contributed by atoms with Crippen molar-refractivity contribution in [3.05, 3.63) is 5.82 Å². The highest BCUT2D eigenvalue weighted by atomic mass is 32.1. The smallest absolute Gasteiger partial charge is 0.205 e. The van der Waals surface area contributed by atoms with Crippen LogP contribution in [0.4, 0.5) is 5.13 Å². The number of hydrogen-bond acceptors (Lipinski definition) is 5. The number of rotatable bonds is 2. The molecule has 3 aliphatic rings. The van der Waals surface area contributed by atoms with Crippen LogP contribution < -0.4 is 10.2 Å². The lowest BCUT2D eigenvalue weighted by molar-refractivity contribution is 0.173. The Morgan fingerprint density at radius 1 is 1.26 bits per heavy atom. The van der Waals surface area contributed by atoms with Gasteiger partial charge in [-0.3, -0.25) is 0 Å². The van der Waals surface area contributed by atoms with Gasteiger partial charge in [0.2, 0.25) is 5.13 Å². The lowest BCUT2D eigenvalue weighted by atomic mass is 9.74. The molecular weight excluding hydrogens is 256 g/mol. The maximum atomic E-state index is 4.79. The Bertz CT molecular complexity index is 443. The van der Waals surface area contributed by atoms with E-state index in [-0.39, 0.29) is 0 Å². The summed E-state index contributed by atoms with van der Waals surface area (Å²) in [6, 6.07) is 0. The van der Waals surface area contributed by atoms with Crippen molar-refractivity contribution in [1.29, 1.82) is 0 Å². The van der Waals surface area contributed by atoms with Crippen molar-refractivity contribution < 1.29 is 0 Å². The highest BCUT2D eigenvalue weighted by molar-refractivity contribution is 7.09. The van der Waals surface area contributed by atoms with Crippen molar-refractivity contribution in [2.75, 3.05) is 31.1 Å². The van der Waals surface area contributed by atoms with Crippen molar-refractivity contribution >= 4 is 16.7 Å². The average molecular weight is 278 g/mol. The summed E-state index contributed by atoms with van der Waals surface area (Å²) in [7, 11) is 0. The zero-order valence-electron chi connectivity index (χ0n) is 11.4. The summed E-state index contributed by atoms with van der Waals surface area (Å²) in [5.74, 6) is 1.79. The third-order valence-corrected chi connectivity index (χ3v) is 5.66. The molecule has 0 radical (unpaired) electrons. The first-order valence-electron chi connectivity index (χ1n) is 7.64. The molecule has 0 aromatic carbocycles. The molecule has 1 unspecified atom stereocenters. The van der Waals surface area contributed by atoms with Crippen molar-refractivity contribution in [2.24, 2.45) is 5.41 Å². The zero-order valence-corrected chi connectivity index (χ0v) is 12.2. The third kappa shape index (κ3) is 2.38. The minimum atomic E-state index is 0.502. The Kier molecular flexibility index (Phi) is 2.99. The second kappa shape index (κ2) is 4.70. The van der Waals surface area contributed by atoms with Crippen molar-refractivity contribution in [2.45, 2.75) is 44.4 Å². The summed E-state index contributed by atoms with van der Waals surface area (Å²) >= 11 is 1.62. The van der Waals surface area contributed by atoms with Crippen LogP contribution in [0.15, 0.2) is 0 Å². The molecule has 1 aromatic rings.